The van der Waals surface area contributed by atoms with Crippen LogP contribution >= 0.6 is 0 Å². The Morgan fingerprint density at radius 2 is 1.69 bits per heavy atom. The van der Waals surface area contributed by atoms with Crippen LogP contribution in [0.1, 0.15) is 15.9 Å². The zero-order valence-electron chi connectivity index (χ0n) is 13.8. The van der Waals surface area contributed by atoms with E-state index in [4.69, 9.17) is 0 Å². The first kappa shape index (κ1) is 17.2. The normalized spacial score (nSPS) is 10.8. The maximum absolute atomic E-state index is 11.9. The number of amides is 1. The van der Waals surface area contributed by atoms with Crippen molar-refractivity contribution >= 4 is 34.6 Å². The molecular weight excluding hydrogens is 330 g/mol. The summed E-state index contributed by atoms with van der Waals surface area (Å²) in [4.78, 5) is 22.6. The summed E-state index contributed by atoms with van der Waals surface area (Å²) in [5.41, 5.74) is 4.05. The zero-order valence-corrected chi connectivity index (χ0v) is 13.8. The molecule has 0 aromatic heterocycles. The molecule has 0 aliphatic rings. The van der Waals surface area contributed by atoms with Crippen molar-refractivity contribution in [2.75, 3.05) is 11.9 Å². The number of carbonyl (C=O) groups excluding carboxylic acids is 2. The highest BCUT2D eigenvalue weighted by molar-refractivity contribution is 5.95. The average molecular weight is 346 g/mol. The summed E-state index contributed by atoms with van der Waals surface area (Å²) in [6.07, 6.45) is 1.44. The largest absolute Gasteiger partial charge is 0.545 e. The van der Waals surface area contributed by atoms with E-state index < -0.39 is 5.97 Å². The molecule has 6 heteroatoms. The van der Waals surface area contributed by atoms with Crippen LogP contribution in [0.25, 0.3) is 10.8 Å². The molecule has 26 heavy (non-hydrogen) atoms. The molecule has 0 aliphatic heterocycles. The lowest BCUT2D eigenvalue weighted by molar-refractivity contribution is -0.255. The molecule has 0 fully saturated rings. The molecule has 0 radical (unpaired) electrons. The molecule has 2 N–H and O–H groups in total. The molecule has 0 bridgehead atoms. The fraction of sp³-hybridized carbons (Fsp3) is 0.0500. The molecule has 0 saturated carbocycles. The molecule has 130 valence electrons. The highest BCUT2D eigenvalue weighted by Gasteiger charge is 2.03. The van der Waals surface area contributed by atoms with E-state index in [-0.39, 0.29) is 18.0 Å². The number of nitrogens with one attached hydrogen (secondary N) is 2. The van der Waals surface area contributed by atoms with Crippen molar-refractivity contribution in [3.63, 3.8) is 0 Å². The van der Waals surface area contributed by atoms with Gasteiger partial charge in [-0.05, 0) is 22.6 Å². The number of hydrogen-bond donors (Lipinski definition) is 2. The van der Waals surface area contributed by atoms with Gasteiger partial charge in [0.15, 0.2) is 0 Å². The fourth-order valence-corrected chi connectivity index (χ4v) is 2.48. The second kappa shape index (κ2) is 7.94. The number of benzene rings is 3. The Bertz CT molecular complexity index is 960. The molecule has 0 saturated heterocycles. The number of nitrogens with zero attached hydrogens (tertiary/aromatic N) is 1. The van der Waals surface area contributed by atoms with Crippen molar-refractivity contribution in [1.82, 2.24) is 5.43 Å². The minimum atomic E-state index is -1.23. The van der Waals surface area contributed by atoms with Crippen molar-refractivity contribution in [3.8, 4) is 0 Å². The van der Waals surface area contributed by atoms with Gasteiger partial charge in [0, 0.05) is 11.1 Å². The summed E-state index contributed by atoms with van der Waals surface area (Å²) >= 11 is 0. The van der Waals surface area contributed by atoms with Gasteiger partial charge >= 0.3 is 0 Å². The molecule has 0 atom stereocenters. The number of carboxylic acid groups (broad SMARTS) is 1. The second-order valence-corrected chi connectivity index (χ2v) is 5.58. The van der Waals surface area contributed by atoms with E-state index in [1.54, 1.807) is 12.1 Å². The number of fused-ring (bicyclic) bond motifs is 1. The standard InChI is InChI=1S/C20H17N3O3/c24-19(23-22-12-14-8-10-16(11-9-14)20(25)26)13-21-18-7-3-5-15-4-1-2-6-17(15)18/h1-12,21H,13H2,(H,23,24)(H,25,26)/p-1/b22-12-. The minimum absolute atomic E-state index is 0.0783. The van der Waals surface area contributed by atoms with Crippen molar-refractivity contribution in [2.45, 2.75) is 0 Å². The molecule has 0 spiro atoms. The number of carbonyl (C=O) groups is 2. The van der Waals surface area contributed by atoms with Crippen molar-refractivity contribution in [2.24, 2.45) is 5.10 Å². The number of aromatic carboxylic acids is 1. The van der Waals surface area contributed by atoms with Crippen LogP contribution in [0.15, 0.2) is 71.8 Å². The summed E-state index contributed by atoms with van der Waals surface area (Å²) in [7, 11) is 0. The van der Waals surface area contributed by atoms with E-state index in [1.165, 1.54) is 18.3 Å². The lowest BCUT2D eigenvalue weighted by Gasteiger charge is -2.08. The SMILES string of the molecule is O=C(CNc1cccc2ccccc12)N/N=C\c1ccc(C(=O)[O-])cc1. The van der Waals surface area contributed by atoms with Crippen LogP contribution in [-0.4, -0.2) is 24.6 Å². The van der Waals surface area contributed by atoms with Gasteiger partial charge in [-0.25, -0.2) is 5.43 Å². The topological polar surface area (TPSA) is 93.6 Å². The van der Waals surface area contributed by atoms with Crippen molar-refractivity contribution in [1.29, 1.82) is 0 Å². The van der Waals surface area contributed by atoms with Crippen LogP contribution in [0.3, 0.4) is 0 Å². The summed E-state index contributed by atoms with van der Waals surface area (Å²) in [5, 5.41) is 19.8. The third kappa shape index (κ3) is 4.24. The zero-order chi connectivity index (χ0) is 18.4. The van der Waals surface area contributed by atoms with E-state index in [2.05, 4.69) is 15.8 Å². The minimum Gasteiger partial charge on any atom is -0.545 e. The van der Waals surface area contributed by atoms with E-state index in [9.17, 15) is 14.7 Å². The van der Waals surface area contributed by atoms with Gasteiger partial charge in [0.1, 0.15) is 0 Å². The first-order valence-corrected chi connectivity index (χ1v) is 7.98. The molecule has 1 amide bonds. The molecule has 3 aromatic carbocycles. The van der Waals surface area contributed by atoms with Crippen LogP contribution < -0.4 is 15.8 Å². The maximum atomic E-state index is 11.9. The van der Waals surface area contributed by atoms with Crippen LogP contribution in [0.2, 0.25) is 0 Å². The lowest BCUT2D eigenvalue weighted by Crippen LogP contribution is -2.26. The van der Waals surface area contributed by atoms with Gasteiger partial charge in [-0.3, -0.25) is 4.79 Å². The highest BCUT2D eigenvalue weighted by Crippen LogP contribution is 2.22. The molecule has 3 rings (SSSR count). The molecule has 0 aliphatic carbocycles. The van der Waals surface area contributed by atoms with E-state index in [0.717, 1.165) is 16.5 Å². The third-order valence-electron chi connectivity index (χ3n) is 3.78. The number of hydrogen-bond acceptors (Lipinski definition) is 5. The third-order valence-corrected chi connectivity index (χ3v) is 3.78. The lowest BCUT2D eigenvalue weighted by atomic mass is 10.1. The van der Waals surface area contributed by atoms with Crippen LogP contribution in [0.5, 0.6) is 0 Å². The van der Waals surface area contributed by atoms with Crippen molar-refractivity contribution < 1.29 is 14.7 Å². The van der Waals surface area contributed by atoms with E-state index in [0.29, 0.717) is 5.56 Å². The summed E-state index contributed by atoms with van der Waals surface area (Å²) in [5.74, 6) is -1.53. The maximum Gasteiger partial charge on any atom is 0.259 e. The monoisotopic (exact) mass is 346 g/mol. The Hall–Kier alpha value is -3.67. The Labute approximate surface area is 150 Å². The van der Waals surface area contributed by atoms with Gasteiger partial charge in [0.05, 0.1) is 18.7 Å². The Balaban J connectivity index is 1.55. The van der Waals surface area contributed by atoms with Crippen LogP contribution in [0, 0.1) is 0 Å². The van der Waals surface area contributed by atoms with Gasteiger partial charge < -0.3 is 15.2 Å². The van der Waals surface area contributed by atoms with Crippen molar-refractivity contribution in [3.05, 3.63) is 77.9 Å². The van der Waals surface area contributed by atoms with Gasteiger partial charge in [-0.1, -0.05) is 60.7 Å². The fourth-order valence-electron chi connectivity index (χ4n) is 2.48. The second-order valence-electron chi connectivity index (χ2n) is 5.58. The van der Waals surface area contributed by atoms with Gasteiger partial charge in [0.2, 0.25) is 0 Å². The van der Waals surface area contributed by atoms with Gasteiger partial charge in [-0.15, -0.1) is 0 Å². The molecule has 0 heterocycles. The summed E-state index contributed by atoms with van der Waals surface area (Å²) < 4.78 is 0. The molecule has 3 aromatic rings. The summed E-state index contributed by atoms with van der Waals surface area (Å²) in [6, 6.07) is 19.8. The quantitative estimate of drug-likeness (QED) is 0.525. The van der Waals surface area contributed by atoms with Crippen LogP contribution in [-0.2, 0) is 4.79 Å². The summed E-state index contributed by atoms with van der Waals surface area (Å²) in [6.45, 7) is 0.0783. The Morgan fingerprint density at radius 1 is 0.962 bits per heavy atom. The van der Waals surface area contributed by atoms with E-state index >= 15 is 0 Å². The van der Waals surface area contributed by atoms with E-state index in [1.807, 2.05) is 42.5 Å². The number of anilines is 1. The molecular formula is C20H16N3O3-. The Kier molecular flexibility index (Phi) is 5.24. The predicted molar refractivity (Wildman–Crippen MR) is 98.9 cm³/mol. The number of hydrazone groups is 1. The molecule has 6 nitrogen and oxygen atoms in total. The number of carboxylic acids is 1. The Morgan fingerprint density at radius 3 is 2.46 bits per heavy atom. The van der Waals surface area contributed by atoms with Crippen LogP contribution in [0.4, 0.5) is 5.69 Å². The molecule has 0 unspecified atom stereocenters. The first-order chi connectivity index (χ1) is 12.6. The average Bonchev–Trinajstić information content (AvgIpc) is 2.66. The highest BCUT2D eigenvalue weighted by atomic mass is 16.4. The first-order valence-electron chi connectivity index (χ1n) is 7.98. The van der Waals surface area contributed by atoms with Gasteiger partial charge in [-0.2, -0.15) is 5.10 Å². The predicted octanol–water partition coefficient (Wildman–Crippen LogP) is 1.77. The van der Waals surface area contributed by atoms with Gasteiger partial charge in [0.25, 0.3) is 5.91 Å². The number of rotatable bonds is 6. The smallest absolute Gasteiger partial charge is 0.259 e.